The summed E-state index contributed by atoms with van der Waals surface area (Å²) in [6.45, 7) is 5.57. The van der Waals surface area contributed by atoms with Gasteiger partial charge in [0.05, 0.1) is 24.8 Å². The van der Waals surface area contributed by atoms with Gasteiger partial charge < -0.3 is 20.2 Å². The van der Waals surface area contributed by atoms with Gasteiger partial charge in [0.15, 0.2) is 0 Å². The summed E-state index contributed by atoms with van der Waals surface area (Å²) in [6, 6.07) is 4.00. The van der Waals surface area contributed by atoms with Crippen LogP contribution in [0.1, 0.15) is 49.7 Å². The van der Waals surface area contributed by atoms with Crippen LogP contribution in [-0.4, -0.2) is 49.2 Å². The topological polar surface area (TPSA) is 80.7 Å². The summed E-state index contributed by atoms with van der Waals surface area (Å²) < 4.78 is 11.3. The van der Waals surface area contributed by atoms with Gasteiger partial charge in [0, 0.05) is 19.6 Å². The predicted molar refractivity (Wildman–Crippen MR) is 106 cm³/mol. The van der Waals surface area contributed by atoms with Crippen LogP contribution in [0.2, 0.25) is 0 Å². The maximum Gasteiger partial charge on any atom is 0.240 e. The monoisotopic (exact) mass is 407 g/mol. The first-order chi connectivity index (χ1) is 11.6. The molecule has 3 N–H and O–H groups in total. The number of aryl methyl sites for hydroxylation is 1. The van der Waals surface area contributed by atoms with Gasteiger partial charge in [-0.3, -0.25) is 9.69 Å². The zero-order chi connectivity index (χ0) is 17.0. The fourth-order valence-electron chi connectivity index (χ4n) is 3.71. The first-order valence-electron chi connectivity index (χ1n) is 9.04. The first-order valence-corrected chi connectivity index (χ1v) is 9.04. The number of hydrogen-bond donors (Lipinski definition) is 2. The number of morpholine rings is 1. The van der Waals surface area contributed by atoms with Crippen molar-refractivity contribution in [2.24, 2.45) is 5.73 Å². The number of ether oxygens (including phenoxy) is 1. The van der Waals surface area contributed by atoms with Gasteiger partial charge in [-0.05, 0) is 31.9 Å². The summed E-state index contributed by atoms with van der Waals surface area (Å²) >= 11 is 0. The third kappa shape index (κ3) is 5.60. The van der Waals surface area contributed by atoms with Crippen molar-refractivity contribution < 1.29 is 13.9 Å². The highest BCUT2D eigenvalue weighted by atomic mass is 35.5. The van der Waals surface area contributed by atoms with Gasteiger partial charge in [-0.25, -0.2) is 0 Å². The van der Waals surface area contributed by atoms with E-state index >= 15 is 0 Å². The number of carbonyl (C=O) groups is 1. The number of nitrogens with one attached hydrogen (secondary N) is 1. The summed E-state index contributed by atoms with van der Waals surface area (Å²) in [6.07, 6.45) is 4.80. The van der Waals surface area contributed by atoms with E-state index in [1.807, 2.05) is 19.1 Å². The van der Waals surface area contributed by atoms with Crippen molar-refractivity contribution in [2.75, 3.05) is 32.8 Å². The smallest absolute Gasteiger partial charge is 0.240 e. The van der Waals surface area contributed by atoms with E-state index in [0.29, 0.717) is 19.8 Å². The molecule has 3 rings (SSSR count). The van der Waals surface area contributed by atoms with E-state index in [2.05, 4.69) is 10.2 Å². The van der Waals surface area contributed by atoms with Crippen LogP contribution in [0, 0.1) is 6.92 Å². The fraction of sp³-hybridized carbons (Fsp3) is 0.722. The first kappa shape index (κ1) is 23.2. The van der Waals surface area contributed by atoms with Gasteiger partial charge in [-0.15, -0.1) is 24.8 Å². The van der Waals surface area contributed by atoms with Gasteiger partial charge in [0.1, 0.15) is 11.5 Å². The summed E-state index contributed by atoms with van der Waals surface area (Å²) in [4.78, 5) is 14.9. The molecule has 150 valence electrons. The van der Waals surface area contributed by atoms with Crippen molar-refractivity contribution in [1.29, 1.82) is 0 Å². The molecule has 1 atom stereocenters. The van der Waals surface area contributed by atoms with Crippen molar-refractivity contribution in [2.45, 2.75) is 50.6 Å². The quantitative estimate of drug-likeness (QED) is 0.783. The third-order valence-electron chi connectivity index (χ3n) is 5.23. The Kier molecular flexibility index (Phi) is 9.41. The van der Waals surface area contributed by atoms with Crippen LogP contribution >= 0.6 is 24.8 Å². The molecule has 8 heteroatoms. The summed E-state index contributed by atoms with van der Waals surface area (Å²) in [5.41, 5.74) is 5.64. The Morgan fingerprint density at radius 2 is 1.88 bits per heavy atom. The molecule has 1 saturated carbocycles. The highest BCUT2D eigenvalue weighted by molar-refractivity contribution is 5.86. The molecule has 2 heterocycles. The molecule has 1 aliphatic carbocycles. The van der Waals surface area contributed by atoms with Crippen LogP contribution in [0.4, 0.5) is 0 Å². The zero-order valence-corrected chi connectivity index (χ0v) is 17.0. The maximum atomic E-state index is 12.6. The molecule has 0 radical (unpaired) electrons. The average Bonchev–Trinajstić information content (AvgIpc) is 3.03. The molecule has 1 aliphatic heterocycles. The minimum absolute atomic E-state index is 0. The van der Waals surface area contributed by atoms with E-state index in [-0.39, 0.29) is 36.8 Å². The van der Waals surface area contributed by atoms with Gasteiger partial charge in [-0.1, -0.05) is 19.3 Å². The van der Waals surface area contributed by atoms with E-state index in [1.54, 1.807) is 0 Å². The van der Waals surface area contributed by atoms with E-state index in [0.717, 1.165) is 50.3 Å². The molecular formula is C18H31Cl2N3O3. The molecular weight excluding hydrogens is 377 g/mol. The molecule has 0 aromatic carbocycles. The second kappa shape index (κ2) is 10.5. The SMILES string of the molecule is Cc1ccc(C(CNC(=O)C2(N)CCCCC2)N2CCOCC2)o1.Cl.Cl. The molecule has 2 aliphatic rings. The number of nitrogens with two attached hydrogens (primary N) is 1. The van der Waals surface area contributed by atoms with Crippen molar-refractivity contribution in [3.05, 3.63) is 23.7 Å². The molecule has 1 unspecified atom stereocenters. The van der Waals surface area contributed by atoms with Crippen molar-refractivity contribution in [1.82, 2.24) is 10.2 Å². The predicted octanol–water partition coefficient (Wildman–Crippen LogP) is 2.58. The summed E-state index contributed by atoms with van der Waals surface area (Å²) in [5.74, 6) is 1.75. The second-order valence-corrected chi connectivity index (χ2v) is 7.04. The van der Waals surface area contributed by atoms with Crippen molar-refractivity contribution >= 4 is 30.7 Å². The highest BCUT2D eigenvalue weighted by Crippen LogP contribution is 2.27. The number of nitrogens with zero attached hydrogens (tertiary/aromatic N) is 1. The molecule has 26 heavy (non-hydrogen) atoms. The molecule has 1 amide bonds. The molecule has 1 aromatic rings. The second-order valence-electron chi connectivity index (χ2n) is 7.04. The Hall–Kier alpha value is -0.790. The molecule has 0 bridgehead atoms. The zero-order valence-electron chi connectivity index (χ0n) is 15.4. The molecule has 0 spiro atoms. The van der Waals surface area contributed by atoms with E-state index in [4.69, 9.17) is 14.9 Å². The minimum Gasteiger partial charge on any atom is -0.465 e. The number of amides is 1. The van der Waals surface area contributed by atoms with Crippen molar-refractivity contribution in [3.63, 3.8) is 0 Å². The number of rotatable bonds is 5. The average molecular weight is 408 g/mol. The Labute approximate surface area is 168 Å². The van der Waals surface area contributed by atoms with E-state index in [9.17, 15) is 4.79 Å². The standard InChI is InChI=1S/C18H29N3O3.2ClH/c1-14-5-6-16(24-14)15(21-9-11-23-12-10-21)13-20-17(22)18(19)7-3-2-4-8-18;;/h5-6,15H,2-4,7-13,19H2,1H3,(H,20,22);2*1H. The maximum absolute atomic E-state index is 12.6. The van der Waals surface area contributed by atoms with Crippen LogP contribution in [-0.2, 0) is 9.53 Å². The summed E-state index contributed by atoms with van der Waals surface area (Å²) in [5, 5.41) is 3.09. The van der Waals surface area contributed by atoms with Crippen LogP contribution in [0.15, 0.2) is 16.5 Å². The van der Waals surface area contributed by atoms with E-state index < -0.39 is 5.54 Å². The normalized spacial score (nSPS) is 21.2. The van der Waals surface area contributed by atoms with Crippen LogP contribution in [0.25, 0.3) is 0 Å². The lowest BCUT2D eigenvalue weighted by atomic mass is 9.82. The number of furan rings is 1. The summed E-state index contributed by atoms with van der Waals surface area (Å²) in [7, 11) is 0. The third-order valence-corrected chi connectivity index (χ3v) is 5.23. The van der Waals surface area contributed by atoms with Crippen LogP contribution in [0.5, 0.6) is 0 Å². The number of hydrogen-bond acceptors (Lipinski definition) is 5. The minimum atomic E-state index is -0.701. The number of halogens is 2. The lowest BCUT2D eigenvalue weighted by Crippen LogP contribution is -2.56. The van der Waals surface area contributed by atoms with Gasteiger partial charge in [0.2, 0.25) is 5.91 Å². The van der Waals surface area contributed by atoms with Crippen LogP contribution in [0.3, 0.4) is 0 Å². The van der Waals surface area contributed by atoms with Gasteiger partial charge in [-0.2, -0.15) is 0 Å². The largest absolute Gasteiger partial charge is 0.465 e. The van der Waals surface area contributed by atoms with Gasteiger partial charge in [0.25, 0.3) is 0 Å². The lowest BCUT2D eigenvalue weighted by molar-refractivity contribution is -0.127. The molecule has 2 fully saturated rings. The molecule has 6 nitrogen and oxygen atoms in total. The Bertz CT molecular complexity index is 556. The lowest BCUT2D eigenvalue weighted by Gasteiger charge is -2.35. The van der Waals surface area contributed by atoms with Crippen molar-refractivity contribution in [3.8, 4) is 0 Å². The Morgan fingerprint density at radius 1 is 1.23 bits per heavy atom. The van der Waals surface area contributed by atoms with Crippen LogP contribution < -0.4 is 11.1 Å². The molecule has 1 aromatic heterocycles. The fourth-order valence-corrected chi connectivity index (χ4v) is 3.71. The highest BCUT2D eigenvalue weighted by Gasteiger charge is 2.36. The Morgan fingerprint density at radius 3 is 2.46 bits per heavy atom. The molecule has 1 saturated heterocycles. The van der Waals surface area contributed by atoms with Gasteiger partial charge >= 0.3 is 0 Å². The number of carbonyl (C=O) groups excluding carboxylic acids is 1. The van der Waals surface area contributed by atoms with E-state index in [1.165, 1.54) is 6.42 Å². The Balaban J connectivity index is 0.00000169.